The Labute approximate surface area is 107 Å². The summed E-state index contributed by atoms with van der Waals surface area (Å²) in [5, 5.41) is 7.81. The Kier molecular flexibility index (Phi) is 5.29. The van der Waals surface area contributed by atoms with Crippen LogP contribution < -0.4 is 10.5 Å². The maximum atomic E-state index is 7.31. The second-order valence-electron chi connectivity index (χ2n) is 4.26. The Balaban J connectivity index is 2.63. The predicted octanol–water partition coefficient (Wildman–Crippen LogP) is 3.44. The van der Waals surface area contributed by atoms with Crippen LogP contribution in [-0.2, 0) is 0 Å². The van der Waals surface area contributed by atoms with Gasteiger partial charge in [0.1, 0.15) is 11.6 Å². The number of halogens is 1. The van der Waals surface area contributed by atoms with Gasteiger partial charge >= 0.3 is 0 Å². The molecular formula is C13H19ClN2O. The number of amidine groups is 1. The summed E-state index contributed by atoms with van der Waals surface area (Å²) in [5.74, 6) is 1.18. The third kappa shape index (κ3) is 4.27. The molecule has 1 unspecified atom stereocenters. The third-order valence-electron chi connectivity index (χ3n) is 2.55. The fourth-order valence-corrected chi connectivity index (χ4v) is 1.83. The van der Waals surface area contributed by atoms with Crippen LogP contribution in [-0.4, -0.2) is 12.4 Å². The van der Waals surface area contributed by atoms with Crippen LogP contribution in [0.5, 0.6) is 5.75 Å². The molecule has 17 heavy (non-hydrogen) atoms. The van der Waals surface area contributed by atoms with Gasteiger partial charge in [0.2, 0.25) is 0 Å². The van der Waals surface area contributed by atoms with E-state index in [2.05, 4.69) is 13.8 Å². The largest absolute Gasteiger partial charge is 0.492 e. The van der Waals surface area contributed by atoms with Gasteiger partial charge in [-0.3, -0.25) is 5.41 Å². The molecule has 94 valence electrons. The maximum Gasteiger partial charge on any atom is 0.137 e. The summed E-state index contributed by atoms with van der Waals surface area (Å²) in [6.07, 6.45) is 2.30. The molecule has 3 N–H and O–H groups in total. The first kappa shape index (κ1) is 13.8. The average molecular weight is 255 g/mol. The van der Waals surface area contributed by atoms with Crippen molar-refractivity contribution in [3.05, 3.63) is 28.8 Å². The number of ether oxygens (including phenoxy) is 1. The summed E-state index contributed by atoms with van der Waals surface area (Å²) in [6.45, 7) is 4.97. The first-order valence-electron chi connectivity index (χ1n) is 5.81. The van der Waals surface area contributed by atoms with Gasteiger partial charge in [0, 0.05) is 5.56 Å². The second-order valence-corrected chi connectivity index (χ2v) is 4.67. The molecule has 0 amide bonds. The summed E-state index contributed by atoms with van der Waals surface area (Å²) in [6, 6.07) is 5.16. The van der Waals surface area contributed by atoms with Crippen molar-refractivity contribution in [2.45, 2.75) is 26.7 Å². The summed E-state index contributed by atoms with van der Waals surface area (Å²) >= 11 is 6.06. The van der Waals surface area contributed by atoms with Gasteiger partial charge in [-0.15, -0.1) is 0 Å². The van der Waals surface area contributed by atoms with Gasteiger partial charge in [0.25, 0.3) is 0 Å². The van der Waals surface area contributed by atoms with Crippen LogP contribution in [0, 0.1) is 11.3 Å². The van der Waals surface area contributed by atoms with Crippen molar-refractivity contribution in [2.75, 3.05) is 6.61 Å². The zero-order chi connectivity index (χ0) is 12.8. The Morgan fingerprint density at radius 3 is 2.76 bits per heavy atom. The molecule has 0 saturated heterocycles. The van der Waals surface area contributed by atoms with E-state index in [1.807, 2.05) is 0 Å². The Morgan fingerprint density at radius 1 is 1.53 bits per heavy atom. The van der Waals surface area contributed by atoms with E-state index in [0.717, 1.165) is 12.8 Å². The maximum absolute atomic E-state index is 7.31. The van der Waals surface area contributed by atoms with Crippen LogP contribution >= 0.6 is 11.6 Å². The van der Waals surface area contributed by atoms with E-state index in [1.165, 1.54) is 0 Å². The molecule has 0 saturated carbocycles. The average Bonchev–Trinajstić information content (AvgIpc) is 2.27. The van der Waals surface area contributed by atoms with E-state index in [9.17, 15) is 0 Å². The molecule has 0 aliphatic heterocycles. The number of hydrogen-bond donors (Lipinski definition) is 2. The van der Waals surface area contributed by atoms with Crippen LogP contribution in [0.3, 0.4) is 0 Å². The van der Waals surface area contributed by atoms with E-state index in [1.54, 1.807) is 18.2 Å². The zero-order valence-corrected chi connectivity index (χ0v) is 11.1. The number of nitrogen functional groups attached to an aromatic ring is 1. The number of rotatable bonds is 6. The van der Waals surface area contributed by atoms with Crippen molar-refractivity contribution in [3.63, 3.8) is 0 Å². The van der Waals surface area contributed by atoms with E-state index >= 15 is 0 Å². The minimum atomic E-state index is 0.0119. The monoisotopic (exact) mass is 254 g/mol. The van der Waals surface area contributed by atoms with E-state index in [0.29, 0.717) is 28.9 Å². The van der Waals surface area contributed by atoms with E-state index in [-0.39, 0.29) is 5.84 Å². The molecule has 4 heteroatoms. The smallest absolute Gasteiger partial charge is 0.137 e. The first-order chi connectivity index (χ1) is 8.04. The van der Waals surface area contributed by atoms with Crippen LogP contribution in [0.1, 0.15) is 32.3 Å². The van der Waals surface area contributed by atoms with Crippen molar-refractivity contribution in [1.29, 1.82) is 5.41 Å². The number of hydrogen-bond acceptors (Lipinski definition) is 2. The van der Waals surface area contributed by atoms with Gasteiger partial charge in [-0.05, 0) is 30.5 Å². The molecule has 0 radical (unpaired) electrons. The Hall–Kier alpha value is -1.22. The van der Waals surface area contributed by atoms with Gasteiger partial charge in [-0.2, -0.15) is 0 Å². The first-order valence-corrected chi connectivity index (χ1v) is 6.19. The van der Waals surface area contributed by atoms with E-state index in [4.69, 9.17) is 27.5 Å². The number of benzene rings is 1. The lowest BCUT2D eigenvalue weighted by molar-refractivity contribution is 0.251. The lowest BCUT2D eigenvalue weighted by atomic mass is 10.1. The molecular weight excluding hydrogens is 236 g/mol. The standard InChI is InChI=1S/C13H19ClN2O/c1-3-4-9(2)8-17-12-6-5-10(13(15)16)7-11(12)14/h5-7,9H,3-4,8H2,1-2H3,(H3,15,16). The topological polar surface area (TPSA) is 59.1 Å². The highest BCUT2D eigenvalue weighted by molar-refractivity contribution is 6.32. The van der Waals surface area contributed by atoms with Crippen molar-refractivity contribution >= 4 is 17.4 Å². The summed E-state index contributed by atoms with van der Waals surface area (Å²) in [7, 11) is 0. The van der Waals surface area contributed by atoms with Crippen LogP contribution in [0.2, 0.25) is 5.02 Å². The van der Waals surface area contributed by atoms with Gasteiger partial charge in [-0.25, -0.2) is 0 Å². The molecule has 3 nitrogen and oxygen atoms in total. The molecule has 0 spiro atoms. The fraction of sp³-hybridized carbons (Fsp3) is 0.462. The molecule has 0 heterocycles. The molecule has 0 aromatic heterocycles. The van der Waals surface area contributed by atoms with Gasteiger partial charge in [-0.1, -0.05) is 31.9 Å². The lowest BCUT2D eigenvalue weighted by Gasteiger charge is -2.13. The summed E-state index contributed by atoms with van der Waals surface area (Å²) < 4.78 is 5.64. The fourth-order valence-electron chi connectivity index (χ4n) is 1.59. The van der Waals surface area contributed by atoms with Gasteiger partial charge in [0.15, 0.2) is 0 Å². The molecule has 1 atom stereocenters. The Morgan fingerprint density at radius 2 is 2.24 bits per heavy atom. The van der Waals surface area contributed by atoms with Crippen LogP contribution in [0.4, 0.5) is 0 Å². The zero-order valence-electron chi connectivity index (χ0n) is 10.3. The van der Waals surface area contributed by atoms with E-state index < -0.39 is 0 Å². The summed E-state index contributed by atoms with van der Waals surface area (Å²) in [4.78, 5) is 0. The normalized spacial score (nSPS) is 12.2. The Bertz CT molecular complexity index is 393. The third-order valence-corrected chi connectivity index (χ3v) is 2.84. The van der Waals surface area contributed by atoms with Crippen molar-refractivity contribution in [2.24, 2.45) is 11.7 Å². The minimum absolute atomic E-state index is 0.0119. The molecule has 1 aromatic rings. The molecule has 0 aliphatic carbocycles. The van der Waals surface area contributed by atoms with Crippen LogP contribution in [0.25, 0.3) is 0 Å². The van der Waals surface area contributed by atoms with Crippen molar-refractivity contribution in [1.82, 2.24) is 0 Å². The quantitative estimate of drug-likeness (QED) is 0.604. The van der Waals surface area contributed by atoms with Crippen LogP contribution in [0.15, 0.2) is 18.2 Å². The van der Waals surface area contributed by atoms with Gasteiger partial charge in [0.05, 0.1) is 11.6 Å². The second kappa shape index (κ2) is 6.50. The molecule has 0 aliphatic rings. The summed E-state index contributed by atoms with van der Waals surface area (Å²) in [5.41, 5.74) is 5.99. The molecule has 1 rings (SSSR count). The lowest BCUT2D eigenvalue weighted by Crippen LogP contribution is -2.11. The molecule has 0 bridgehead atoms. The van der Waals surface area contributed by atoms with Crippen molar-refractivity contribution < 1.29 is 4.74 Å². The number of nitrogens with one attached hydrogen (secondary N) is 1. The number of nitrogens with two attached hydrogens (primary N) is 1. The SMILES string of the molecule is CCCC(C)COc1ccc(C(=N)N)cc1Cl. The highest BCUT2D eigenvalue weighted by Crippen LogP contribution is 2.26. The highest BCUT2D eigenvalue weighted by Gasteiger charge is 2.07. The minimum Gasteiger partial charge on any atom is -0.492 e. The molecule has 1 aromatic carbocycles. The predicted molar refractivity (Wildman–Crippen MR) is 72.0 cm³/mol. The van der Waals surface area contributed by atoms with Crippen molar-refractivity contribution in [3.8, 4) is 5.75 Å². The highest BCUT2D eigenvalue weighted by atomic mass is 35.5. The van der Waals surface area contributed by atoms with Gasteiger partial charge < -0.3 is 10.5 Å². The molecule has 0 fully saturated rings.